The third-order valence-electron chi connectivity index (χ3n) is 5.86. The van der Waals surface area contributed by atoms with Crippen molar-refractivity contribution in [2.75, 3.05) is 13.7 Å². The summed E-state index contributed by atoms with van der Waals surface area (Å²) in [6, 6.07) is 17.5. The number of quaternary nitrogens is 1. The van der Waals surface area contributed by atoms with Crippen LogP contribution in [0.2, 0.25) is 0 Å². The van der Waals surface area contributed by atoms with Crippen molar-refractivity contribution in [3.63, 3.8) is 0 Å². The number of imide groups is 1. The first-order chi connectivity index (χ1) is 15.0. The number of ether oxygens (including phenoxy) is 2. The van der Waals surface area contributed by atoms with Crippen molar-refractivity contribution in [3.8, 4) is 0 Å². The monoisotopic (exact) mass is 425 g/mol. The largest absolute Gasteiger partial charge is 0.523 e. The predicted molar refractivity (Wildman–Crippen MR) is 115 cm³/mol. The number of nitrogens with one attached hydrogen (secondary N) is 1. The van der Waals surface area contributed by atoms with Gasteiger partial charge in [-0.3, -0.25) is 0 Å². The molecule has 7 heteroatoms. The number of likely N-dealkylation sites (tertiary alicyclic amines) is 1. The van der Waals surface area contributed by atoms with E-state index in [4.69, 9.17) is 9.47 Å². The van der Waals surface area contributed by atoms with Gasteiger partial charge in [-0.2, -0.15) is 9.28 Å². The Morgan fingerprint density at radius 2 is 1.65 bits per heavy atom. The second-order valence-corrected chi connectivity index (χ2v) is 7.84. The highest BCUT2D eigenvalue weighted by molar-refractivity contribution is 5.88. The van der Waals surface area contributed by atoms with Gasteiger partial charge in [-0.05, 0) is 18.1 Å². The van der Waals surface area contributed by atoms with Gasteiger partial charge in [0.05, 0.1) is 13.7 Å². The van der Waals surface area contributed by atoms with E-state index >= 15 is 0 Å². The highest BCUT2D eigenvalue weighted by atomic mass is 16.6. The molecular weight excluding hydrogens is 396 g/mol. The summed E-state index contributed by atoms with van der Waals surface area (Å²) >= 11 is 0. The van der Waals surface area contributed by atoms with E-state index in [1.807, 2.05) is 67.6 Å². The van der Waals surface area contributed by atoms with Gasteiger partial charge in [-0.15, -0.1) is 0 Å². The van der Waals surface area contributed by atoms with E-state index in [1.165, 1.54) is 7.11 Å². The van der Waals surface area contributed by atoms with Crippen LogP contribution in [0.5, 0.6) is 0 Å². The summed E-state index contributed by atoms with van der Waals surface area (Å²) in [5.41, 5.74) is 1.72. The summed E-state index contributed by atoms with van der Waals surface area (Å²) in [5, 5.41) is 2.70. The minimum Gasteiger partial charge on any atom is -0.445 e. The average molecular weight is 426 g/mol. The summed E-state index contributed by atoms with van der Waals surface area (Å²) in [6.45, 7) is 2.32. The van der Waals surface area contributed by atoms with Crippen molar-refractivity contribution in [1.29, 1.82) is 0 Å². The van der Waals surface area contributed by atoms with Crippen molar-refractivity contribution in [2.45, 2.75) is 44.9 Å². The molecule has 1 unspecified atom stereocenters. The van der Waals surface area contributed by atoms with Crippen LogP contribution in [0.15, 0.2) is 60.7 Å². The molecule has 0 aromatic heterocycles. The fourth-order valence-corrected chi connectivity index (χ4v) is 4.16. The minimum atomic E-state index is -0.926. The first kappa shape index (κ1) is 22.5. The van der Waals surface area contributed by atoms with Gasteiger partial charge in [-0.1, -0.05) is 60.7 Å². The Morgan fingerprint density at radius 3 is 2.19 bits per heavy atom. The molecule has 164 valence electrons. The summed E-state index contributed by atoms with van der Waals surface area (Å²) in [7, 11) is 1.29. The van der Waals surface area contributed by atoms with Crippen LogP contribution in [0.3, 0.4) is 0 Å². The molecule has 2 aromatic carbocycles. The smallest absolute Gasteiger partial charge is 0.445 e. The van der Waals surface area contributed by atoms with E-state index in [1.54, 1.807) is 0 Å². The number of carbonyl (C=O) groups is 3. The molecule has 0 radical (unpaired) electrons. The average Bonchev–Trinajstić information content (AvgIpc) is 3.19. The summed E-state index contributed by atoms with van der Waals surface area (Å²) in [5.74, 6) is -0.377. The molecule has 3 amide bonds. The van der Waals surface area contributed by atoms with Crippen molar-refractivity contribution in [2.24, 2.45) is 0 Å². The second kappa shape index (κ2) is 10.2. The zero-order valence-corrected chi connectivity index (χ0v) is 18.0. The van der Waals surface area contributed by atoms with Crippen LogP contribution >= 0.6 is 0 Å². The van der Waals surface area contributed by atoms with Crippen LogP contribution in [-0.4, -0.2) is 48.3 Å². The van der Waals surface area contributed by atoms with Crippen LogP contribution in [0.4, 0.5) is 9.59 Å². The van der Waals surface area contributed by atoms with E-state index in [2.05, 4.69) is 5.32 Å². The Labute approximate surface area is 182 Å². The van der Waals surface area contributed by atoms with Crippen LogP contribution in [-0.2, 0) is 27.3 Å². The van der Waals surface area contributed by atoms with Crippen LogP contribution in [0.1, 0.15) is 30.9 Å². The molecule has 1 saturated heterocycles. The fraction of sp³-hybridized carbons (Fsp3) is 0.375. The number of amides is 3. The molecule has 1 aliphatic rings. The summed E-state index contributed by atoms with van der Waals surface area (Å²) < 4.78 is 9.91. The van der Waals surface area contributed by atoms with Gasteiger partial charge in [-0.25, -0.2) is 9.59 Å². The molecule has 1 heterocycles. The molecule has 2 aromatic rings. The van der Waals surface area contributed by atoms with E-state index < -0.39 is 22.7 Å². The molecule has 0 spiro atoms. The van der Waals surface area contributed by atoms with Crippen LogP contribution in [0, 0.1) is 0 Å². The maximum atomic E-state index is 13.7. The number of hydrogen-bond acceptors (Lipinski definition) is 5. The van der Waals surface area contributed by atoms with Gasteiger partial charge in [0.15, 0.2) is 6.04 Å². The van der Waals surface area contributed by atoms with Gasteiger partial charge in [0, 0.05) is 19.3 Å². The summed E-state index contributed by atoms with van der Waals surface area (Å²) in [4.78, 5) is 39.0. The lowest BCUT2D eigenvalue weighted by atomic mass is 10.0. The zero-order valence-electron chi connectivity index (χ0n) is 18.0. The van der Waals surface area contributed by atoms with Crippen molar-refractivity contribution < 1.29 is 28.3 Å². The van der Waals surface area contributed by atoms with E-state index in [-0.39, 0.29) is 25.0 Å². The molecule has 1 aliphatic heterocycles. The number of benzene rings is 2. The maximum Gasteiger partial charge on any atom is 0.523 e. The number of hydrogen-bond donors (Lipinski definition) is 1. The quantitative estimate of drug-likeness (QED) is 0.712. The van der Waals surface area contributed by atoms with Crippen molar-refractivity contribution in [3.05, 3.63) is 71.8 Å². The van der Waals surface area contributed by atoms with E-state index in [0.29, 0.717) is 6.54 Å². The zero-order chi connectivity index (χ0) is 22.3. The molecule has 3 atom stereocenters. The number of methoxy groups -OCH3 is 1. The van der Waals surface area contributed by atoms with Crippen LogP contribution < -0.4 is 5.32 Å². The molecule has 7 nitrogen and oxygen atoms in total. The number of nitrogens with zero attached hydrogens (tertiary/aromatic N) is 1. The minimum absolute atomic E-state index is 0.0896. The highest BCUT2D eigenvalue weighted by Crippen LogP contribution is 2.30. The Hall–Kier alpha value is -3.19. The molecule has 31 heavy (non-hydrogen) atoms. The standard InChI is InChI=1S/C24H28N2O5/c1-18-10-9-15-26(18,24(29)30-2)22(27)21(16-19-11-5-3-6-12-19)25-23(28)31-17-20-13-7-4-8-14-20/h3-8,11-14,18,21H,9-10,15-17H2,1-2H3/p+1/t18-,21-,26?/m1/s1. The van der Waals surface area contributed by atoms with Crippen molar-refractivity contribution in [1.82, 2.24) is 5.32 Å². The lowest BCUT2D eigenvalue weighted by Gasteiger charge is -2.34. The summed E-state index contributed by atoms with van der Waals surface area (Å²) in [6.07, 6.45) is 0.431. The maximum absolute atomic E-state index is 13.7. The molecule has 3 rings (SSSR count). The third-order valence-corrected chi connectivity index (χ3v) is 5.86. The Balaban J connectivity index is 1.80. The molecule has 1 N–H and O–H groups in total. The van der Waals surface area contributed by atoms with Crippen LogP contribution in [0.25, 0.3) is 0 Å². The van der Waals surface area contributed by atoms with E-state index in [0.717, 1.165) is 24.0 Å². The first-order valence-corrected chi connectivity index (χ1v) is 10.5. The fourth-order valence-electron chi connectivity index (χ4n) is 4.16. The second-order valence-electron chi connectivity index (χ2n) is 7.84. The highest BCUT2D eigenvalue weighted by Gasteiger charge is 2.56. The number of carbonyl (C=O) groups excluding carboxylic acids is 3. The molecular formula is C24H29N2O5+. The van der Waals surface area contributed by atoms with Gasteiger partial charge < -0.3 is 14.8 Å². The SMILES string of the molecule is COC(=O)[N+]1(C(=O)[C@@H](Cc2ccccc2)NC(=O)OCc2ccccc2)CCC[C@H]1C. The van der Waals surface area contributed by atoms with E-state index in [9.17, 15) is 14.4 Å². The first-order valence-electron chi connectivity index (χ1n) is 10.5. The molecule has 1 fully saturated rings. The molecule has 0 aliphatic carbocycles. The number of alkyl carbamates (subject to hydrolysis) is 1. The predicted octanol–water partition coefficient (Wildman–Crippen LogP) is 3.82. The van der Waals surface area contributed by atoms with Crippen molar-refractivity contribution >= 4 is 18.1 Å². The topological polar surface area (TPSA) is 81.7 Å². The number of rotatable bonds is 6. The van der Waals surface area contributed by atoms with Gasteiger partial charge in [0.25, 0.3) is 0 Å². The lowest BCUT2D eigenvalue weighted by Crippen LogP contribution is -2.65. The van der Waals surface area contributed by atoms with Gasteiger partial charge in [0.2, 0.25) is 0 Å². The molecule has 0 bridgehead atoms. The Kier molecular flexibility index (Phi) is 7.41. The van der Waals surface area contributed by atoms with Gasteiger partial charge >= 0.3 is 18.1 Å². The lowest BCUT2D eigenvalue weighted by molar-refractivity contribution is -0.793. The Morgan fingerprint density at radius 1 is 1.03 bits per heavy atom. The third kappa shape index (κ3) is 5.11. The Bertz CT molecular complexity index is 903. The molecule has 0 saturated carbocycles. The normalized spacial score (nSPS) is 21.2. The van der Waals surface area contributed by atoms with Gasteiger partial charge in [0.1, 0.15) is 12.6 Å².